The second-order valence-electron chi connectivity index (χ2n) is 6.05. The van der Waals surface area contributed by atoms with Gasteiger partial charge in [-0.05, 0) is 43.4 Å². The lowest BCUT2D eigenvalue weighted by Gasteiger charge is -2.34. The molecule has 0 radical (unpaired) electrons. The first kappa shape index (κ1) is 14.5. The molecule has 0 bridgehead atoms. The molecule has 19 heavy (non-hydrogen) atoms. The molecule has 0 amide bonds. The normalized spacial score (nSPS) is 23.8. The Morgan fingerprint density at radius 2 is 2.11 bits per heavy atom. The molecule has 1 aliphatic heterocycles. The highest BCUT2D eigenvalue weighted by Crippen LogP contribution is 2.35. The zero-order valence-corrected chi connectivity index (χ0v) is 12.7. The molecule has 2 unspecified atom stereocenters. The van der Waals surface area contributed by atoms with Gasteiger partial charge in [0.2, 0.25) is 0 Å². The molecule has 2 rings (SSSR count). The average Bonchev–Trinajstić information content (AvgIpc) is 2.40. The summed E-state index contributed by atoms with van der Waals surface area (Å²) in [6.07, 6.45) is 2.71. The van der Waals surface area contributed by atoms with Crippen molar-refractivity contribution in [2.24, 2.45) is 5.92 Å². The third-order valence-electron chi connectivity index (χ3n) is 4.19. The van der Waals surface area contributed by atoms with E-state index in [0.29, 0.717) is 12.0 Å². The van der Waals surface area contributed by atoms with Gasteiger partial charge >= 0.3 is 0 Å². The number of nitrogens with one attached hydrogen (secondary N) is 1. The summed E-state index contributed by atoms with van der Waals surface area (Å²) in [6.45, 7) is 10.8. The van der Waals surface area contributed by atoms with Crippen LogP contribution in [0, 0.1) is 19.8 Å². The van der Waals surface area contributed by atoms with Crippen molar-refractivity contribution in [1.29, 1.82) is 0 Å². The second kappa shape index (κ2) is 6.53. The van der Waals surface area contributed by atoms with Gasteiger partial charge in [0.1, 0.15) is 0 Å². The summed E-state index contributed by atoms with van der Waals surface area (Å²) in [4.78, 5) is 0. The molecule has 2 atom stereocenters. The highest BCUT2D eigenvalue weighted by molar-refractivity contribution is 5.35. The monoisotopic (exact) mass is 261 g/mol. The highest BCUT2D eigenvalue weighted by atomic mass is 16.5. The van der Waals surface area contributed by atoms with E-state index in [1.165, 1.54) is 29.5 Å². The molecule has 0 aliphatic carbocycles. The van der Waals surface area contributed by atoms with Gasteiger partial charge in [-0.2, -0.15) is 0 Å². The molecule has 2 heteroatoms. The summed E-state index contributed by atoms with van der Waals surface area (Å²) in [6, 6.07) is 7.12. The van der Waals surface area contributed by atoms with Gasteiger partial charge in [0, 0.05) is 25.1 Å². The quantitative estimate of drug-likeness (QED) is 0.891. The predicted octanol–water partition coefficient (Wildman–Crippen LogP) is 3.77. The number of benzene rings is 1. The van der Waals surface area contributed by atoms with Crippen molar-refractivity contribution < 1.29 is 4.74 Å². The van der Waals surface area contributed by atoms with E-state index < -0.39 is 0 Å². The predicted molar refractivity (Wildman–Crippen MR) is 80.5 cm³/mol. The van der Waals surface area contributed by atoms with Crippen LogP contribution in [0.15, 0.2) is 18.2 Å². The van der Waals surface area contributed by atoms with Crippen molar-refractivity contribution >= 4 is 0 Å². The lowest BCUT2D eigenvalue weighted by atomic mass is 9.86. The van der Waals surface area contributed by atoms with Crippen LogP contribution in [0.3, 0.4) is 0 Å². The summed E-state index contributed by atoms with van der Waals surface area (Å²) in [5.74, 6) is 0.594. The minimum atomic E-state index is 0.264. The van der Waals surface area contributed by atoms with Gasteiger partial charge in [0.25, 0.3) is 0 Å². The molecule has 1 aromatic carbocycles. The van der Waals surface area contributed by atoms with Gasteiger partial charge in [0.05, 0.1) is 6.10 Å². The first-order chi connectivity index (χ1) is 9.09. The van der Waals surface area contributed by atoms with Crippen LogP contribution in [-0.4, -0.2) is 19.2 Å². The molecule has 1 aliphatic rings. The summed E-state index contributed by atoms with van der Waals surface area (Å²) in [5, 5.41) is 3.57. The van der Waals surface area contributed by atoms with Gasteiger partial charge in [-0.3, -0.25) is 0 Å². The van der Waals surface area contributed by atoms with Gasteiger partial charge in [-0.25, -0.2) is 0 Å². The van der Waals surface area contributed by atoms with E-state index in [1.807, 2.05) is 0 Å². The van der Waals surface area contributed by atoms with Crippen molar-refractivity contribution in [1.82, 2.24) is 5.32 Å². The third-order valence-corrected chi connectivity index (χ3v) is 4.19. The molecule has 106 valence electrons. The Kier molecular flexibility index (Phi) is 5.00. The van der Waals surface area contributed by atoms with Crippen LogP contribution in [0.5, 0.6) is 0 Å². The van der Waals surface area contributed by atoms with E-state index >= 15 is 0 Å². The van der Waals surface area contributed by atoms with Gasteiger partial charge < -0.3 is 10.1 Å². The van der Waals surface area contributed by atoms with E-state index in [1.54, 1.807) is 0 Å². The van der Waals surface area contributed by atoms with E-state index in [2.05, 4.69) is 51.2 Å². The standard InChI is InChI=1S/C17H27NO/c1-12(2)18-11-15-8-6-10-19-17(15)16-9-5-7-13(3)14(16)4/h5,7,9,12,15,17-18H,6,8,10-11H2,1-4H3. The van der Waals surface area contributed by atoms with Crippen LogP contribution in [0.4, 0.5) is 0 Å². The van der Waals surface area contributed by atoms with Crippen molar-refractivity contribution in [2.75, 3.05) is 13.2 Å². The molecule has 0 saturated carbocycles. The van der Waals surface area contributed by atoms with Crippen LogP contribution in [-0.2, 0) is 4.74 Å². The number of rotatable bonds is 4. The van der Waals surface area contributed by atoms with E-state index in [-0.39, 0.29) is 6.10 Å². The van der Waals surface area contributed by atoms with Crippen LogP contribution in [0.2, 0.25) is 0 Å². The number of aryl methyl sites for hydroxylation is 1. The summed E-state index contributed by atoms with van der Waals surface area (Å²) in [7, 11) is 0. The fourth-order valence-corrected chi connectivity index (χ4v) is 2.87. The van der Waals surface area contributed by atoms with Gasteiger partial charge in [-0.1, -0.05) is 32.0 Å². The lowest BCUT2D eigenvalue weighted by molar-refractivity contribution is -0.0286. The van der Waals surface area contributed by atoms with E-state index in [4.69, 9.17) is 4.74 Å². The minimum absolute atomic E-state index is 0.264. The maximum Gasteiger partial charge on any atom is 0.0867 e. The van der Waals surface area contributed by atoms with Crippen molar-refractivity contribution in [2.45, 2.75) is 52.7 Å². The van der Waals surface area contributed by atoms with Crippen molar-refractivity contribution in [3.8, 4) is 0 Å². The second-order valence-corrected chi connectivity index (χ2v) is 6.05. The molecule has 1 N–H and O–H groups in total. The lowest BCUT2D eigenvalue weighted by Crippen LogP contribution is -2.35. The zero-order chi connectivity index (χ0) is 13.8. The molecular formula is C17H27NO. The molecular weight excluding hydrogens is 234 g/mol. The smallest absolute Gasteiger partial charge is 0.0867 e. The Balaban J connectivity index is 2.16. The minimum Gasteiger partial charge on any atom is -0.373 e. The molecule has 1 heterocycles. The Hall–Kier alpha value is -0.860. The van der Waals surface area contributed by atoms with Gasteiger partial charge in [0.15, 0.2) is 0 Å². The summed E-state index contributed by atoms with van der Waals surface area (Å²) < 4.78 is 6.10. The Morgan fingerprint density at radius 3 is 2.84 bits per heavy atom. The van der Waals surface area contributed by atoms with Crippen molar-refractivity contribution in [3.05, 3.63) is 34.9 Å². The third kappa shape index (κ3) is 3.58. The Labute approximate surface area is 117 Å². The summed E-state index contributed by atoms with van der Waals surface area (Å²) in [5.41, 5.74) is 4.14. The SMILES string of the molecule is Cc1cccc(C2OCCCC2CNC(C)C)c1C. The summed E-state index contributed by atoms with van der Waals surface area (Å²) >= 11 is 0. The first-order valence-electron chi connectivity index (χ1n) is 7.50. The van der Waals surface area contributed by atoms with Crippen LogP contribution >= 0.6 is 0 Å². The Bertz CT molecular complexity index is 414. The van der Waals surface area contributed by atoms with Crippen molar-refractivity contribution in [3.63, 3.8) is 0 Å². The molecule has 2 nitrogen and oxygen atoms in total. The zero-order valence-electron chi connectivity index (χ0n) is 12.7. The fraction of sp³-hybridized carbons (Fsp3) is 0.647. The van der Waals surface area contributed by atoms with Gasteiger partial charge in [-0.15, -0.1) is 0 Å². The average molecular weight is 261 g/mol. The maximum atomic E-state index is 6.10. The van der Waals surface area contributed by atoms with E-state index in [0.717, 1.165) is 13.2 Å². The molecule has 0 spiro atoms. The molecule has 1 aromatic rings. The van der Waals surface area contributed by atoms with Crippen LogP contribution in [0.1, 0.15) is 49.5 Å². The number of hydrogen-bond acceptors (Lipinski definition) is 2. The van der Waals surface area contributed by atoms with E-state index in [9.17, 15) is 0 Å². The molecule has 1 saturated heterocycles. The topological polar surface area (TPSA) is 21.3 Å². The molecule has 1 fully saturated rings. The Morgan fingerprint density at radius 1 is 1.32 bits per heavy atom. The molecule has 0 aromatic heterocycles. The largest absolute Gasteiger partial charge is 0.373 e. The first-order valence-corrected chi connectivity index (χ1v) is 7.50. The maximum absolute atomic E-state index is 6.10. The number of hydrogen-bond donors (Lipinski definition) is 1. The van der Waals surface area contributed by atoms with Crippen LogP contribution < -0.4 is 5.32 Å². The fourth-order valence-electron chi connectivity index (χ4n) is 2.87. The highest BCUT2D eigenvalue weighted by Gasteiger charge is 2.28. The van der Waals surface area contributed by atoms with Crippen LogP contribution in [0.25, 0.3) is 0 Å². The number of ether oxygens (including phenoxy) is 1.